The van der Waals surface area contributed by atoms with E-state index in [-0.39, 0.29) is 6.04 Å². The van der Waals surface area contributed by atoms with Crippen molar-refractivity contribution in [1.29, 1.82) is 0 Å². The largest absolute Gasteiger partial charge is 0.480 e. The lowest BCUT2D eigenvalue weighted by Gasteiger charge is -2.13. The fourth-order valence-corrected chi connectivity index (χ4v) is 2.57. The lowest BCUT2D eigenvalue weighted by atomic mass is 10.2. The van der Waals surface area contributed by atoms with Gasteiger partial charge in [-0.2, -0.15) is 0 Å². The minimum atomic E-state index is -0.666. The number of hydrogen-bond donors (Lipinski definition) is 1. The first-order valence-electron chi connectivity index (χ1n) is 3.54. The third kappa shape index (κ3) is 1.38. The van der Waals surface area contributed by atoms with E-state index < -0.39 is 5.97 Å². The molecule has 1 saturated heterocycles. The zero-order valence-corrected chi connectivity index (χ0v) is 8.37. The fraction of sp³-hybridized carbons (Fsp3) is 0.833. The monoisotopic (exact) mass is 159 g/mol. The van der Waals surface area contributed by atoms with E-state index in [4.69, 9.17) is 5.11 Å². The van der Waals surface area contributed by atoms with Crippen LogP contribution in [0.4, 0.5) is 0 Å². The van der Waals surface area contributed by atoms with Crippen LogP contribution in [-0.2, 0) is 4.79 Å². The van der Waals surface area contributed by atoms with E-state index in [1.54, 1.807) is 0 Å². The summed E-state index contributed by atoms with van der Waals surface area (Å²) >= 11 is 0. The molecule has 0 aromatic rings. The predicted octanol–water partition coefficient (Wildman–Crippen LogP) is -1.07. The summed E-state index contributed by atoms with van der Waals surface area (Å²) in [7, 11) is 3.01. The van der Waals surface area contributed by atoms with Gasteiger partial charge in [-0.15, -0.1) is 0 Å². The lowest BCUT2D eigenvalue weighted by molar-refractivity contribution is -0.141. The van der Waals surface area contributed by atoms with Gasteiger partial charge in [0.2, 0.25) is 0 Å². The normalized spacial score (nSPS) is 34.9. The number of aliphatic carboxylic acids is 1. The van der Waals surface area contributed by atoms with Gasteiger partial charge in [0.05, 0.1) is 0 Å². The maximum Gasteiger partial charge on any atom is 0.320 e. The fourth-order valence-electron chi connectivity index (χ4n) is 1.54. The van der Waals surface area contributed by atoms with Crippen molar-refractivity contribution in [3.63, 3.8) is 0 Å². The molecule has 0 bridgehead atoms. The van der Waals surface area contributed by atoms with Crippen molar-refractivity contribution in [3.8, 4) is 0 Å². The van der Waals surface area contributed by atoms with E-state index in [0.29, 0.717) is 5.54 Å². The number of nitrogens with zero attached hydrogens (tertiary/aromatic N) is 1. The Morgan fingerprint density at radius 1 is 1.80 bits per heavy atom. The zero-order valence-electron chi connectivity index (χ0n) is 6.37. The molecule has 0 spiro atoms. The highest BCUT2D eigenvalue weighted by Crippen LogP contribution is 2.22. The van der Waals surface area contributed by atoms with Gasteiger partial charge in [-0.1, -0.05) is 0 Å². The van der Waals surface area contributed by atoms with Crippen molar-refractivity contribution in [2.45, 2.75) is 18.0 Å². The molecule has 1 fully saturated rings. The molecule has 10 heavy (non-hydrogen) atoms. The van der Waals surface area contributed by atoms with Crippen LogP contribution in [0.2, 0.25) is 5.54 Å². The maximum absolute atomic E-state index is 10.5. The molecule has 1 heterocycles. The predicted molar refractivity (Wildman–Crippen MR) is 42.4 cm³/mol. The second kappa shape index (κ2) is 2.71. The van der Waals surface area contributed by atoms with E-state index in [9.17, 15) is 4.79 Å². The van der Waals surface area contributed by atoms with E-state index in [1.807, 2.05) is 11.9 Å². The molecule has 58 valence electrons. The van der Waals surface area contributed by atoms with Gasteiger partial charge in [-0.05, 0) is 25.6 Å². The molecule has 1 aliphatic rings. The molecule has 3 nitrogen and oxygen atoms in total. The Kier molecular flexibility index (Phi) is 2.10. The van der Waals surface area contributed by atoms with E-state index in [0.717, 1.165) is 23.2 Å². The second-order valence-electron chi connectivity index (χ2n) is 3.13. The van der Waals surface area contributed by atoms with Crippen LogP contribution in [0.5, 0.6) is 0 Å². The summed E-state index contributed by atoms with van der Waals surface area (Å²) < 4.78 is 0. The summed E-state index contributed by atoms with van der Waals surface area (Å²) in [5.41, 5.74) is 0.672. The zero-order chi connectivity index (χ0) is 7.72. The minimum absolute atomic E-state index is 0.206. The molecular formula is C6H13NO2Si. The summed E-state index contributed by atoms with van der Waals surface area (Å²) in [6, 6.07) is -0.206. The van der Waals surface area contributed by atoms with Crippen molar-refractivity contribution in [2.24, 2.45) is 0 Å². The van der Waals surface area contributed by atoms with Crippen LogP contribution in [0.1, 0.15) is 6.42 Å². The number of carbonyl (C=O) groups is 1. The van der Waals surface area contributed by atoms with Crippen molar-refractivity contribution in [1.82, 2.24) is 4.90 Å². The summed E-state index contributed by atoms with van der Waals surface area (Å²) in [4.78, 5) is 12.5. The number of rotatable bonds is 1. The molecule has 2 atom stereocenters. The van der Waals surface area contributed by atoms with E-state index in [2.05, 4.69) is 0 Å². The standard InChI is InChI=1S/C6H13NO2Si/c1-7-3-4(10)2-5(7)6(8)9/h4-5H,2-3H2,1,10H3,(H,8,9). The molecule has 1 aliphatic heterocycles. The molecule has 0 aromatic carbocycles. The molecule has 1 N–H and O–H groups in total. The number of carboxylic acids is 1. The van der Waals surface area contributed by atoms with Gasteiger partial charge >= 0.3 is 5.97 Å². The minimum Gasteiger partial charge on any atom is -0.480 e. The second-order valence-corrected chi connectivity index (χ2v) is 4.77. The molecule has 1 rings (SSSR count). The average molecular weight is 159 g/mol. The highest BCUT2D eigenvalue weighted by molar-refractivity contribution is 6.12. The van der Waals surface area contributed by atoms with Gasteiger partial charge < -0.3 is 5.11 Å². The molecule has 0 aromatic heterocycles. The van der Waals surface area contributed by atoms with Crippen LogP contribution in [0.3, 0.4) is 0 Å². The molecule has 4 heteroatoms. The van der Waals surface area contributed by atoms with E-state index in [1.165, 1.54) is 0 Å². The Morgan fingerprint density at radius 3 is 2.60 bits per heavy atom. The van der Waals surface area contributed by atoms with Crippen LogP contribution in [0.25, 0.3) is 0 Å². The summed E-state index contributed by atoms with van der Waals surface area (Å²) in [5, 5.41) is 8.68. The third-order valence-electron chi connectivity index (χ3n) is 2.04. The molecule has 0 radical (unpaired) electrons. The highest BCUT2D eigenvalue weighted by atomic mass is 28.1. The van der Waals surface area contributed by atoms with Crippen LogP contribution in [0.15, 0.2) is 0 Å². The summed E-state index contributed by atoms with van der Waals surface area (Å²) in [5.74, 6) is -0.666. The highest BCUT2D eigenvalue weighted by Gasteiger charge is 2.31. The van der Waals surface area contributed by atoms with Crippen LogP contribution in [0, 0.1) is 0 Å². The first-order valence-corrected chi connectivity index (χ1v) is 4.69. The number of hydrogen-bond acceptors (Lipinski definition) is 2. The lowest BCUT2D eigenvalue weighted by Crippen LogP contribution is -2.32. The van der Waals surface area contributed by atoms with Crippen molar-refractivity contribution < 1.29 is 9.90 Å². The van der Waals surface area contributed by atoms with Crippen LogP contribution >= 0.6 is 0 Å². The Bertz CT molecular complexity index is 151. The molecular weight excluding hydrogens is 146 g/mol. The van der Waals surface area contributed by atoms with Gasteiger partial charge in [-0.25, -0.2) is 0 Å². The van der Waals surface area contributed by atoms with Gasteiger partial charge in [-0.3, -0.25) is 9.69 Å². The van der Waals surface area contributed by atoms with E-state index >= 15 is 0 Å². The first kappa shape index (κ1) is 7.75. The SMILES string of the molecule is CN1CC([SiH3])CC1C(=O)O. The summed E-state index contributed by atoms with van der Waals surface area (Å²) in [6.45, 7) is 0.975. The quantitative estimate of drug-likeness (QED) is 0.495. The van der Waals surface area contributed by atoms with Crippen molar-refractivity contribution in [3.05, 3.63) is 0 Å². The maximum atomic E-state index is 10.5. The Morgan fingerprint density at radius 2 is 2.40 bits per heavy atom. The summed E-state index contributed by atoms with van der Waals surface area (Å²) in [6.07, 6.45) is 0.859. The van der Waals surface area contributed by atoms with Gasteiger partial charge in [0.15, 0.2) is 0 Å². The van der Waals surface area contributed by atoms with Gasteiger partial charge in [0.1, 0.15) is 6.04 Å². The Hall–Kier alpha value is -0.353. The van der Waals surface area contributed by atoms with Crippen LogP contribution in [-0.4, -0.2) is 45.9 Å². The Balaban J connectivity index is 2.54. The molecule has 0 aliphatic carbocycles. The number of likely N-dealkylation sites (N-methyl/N-ethyl adjacent to an activating group) is 1. The smallest absolute Gasteiger partial charge is 0.320 e. The van der Waals surface area contributed by atoms with Crippen molar-refractivity contribution >= 4 is 16.2 Å². The Labute approximate surface area is 63.4 Å². The molecule has 0 amide bonds. The average Bonchev–Trinajstić information content (AvgIpc) is 2.10. The van der Waals surface area contributed by atoms with Gasteiger partial charge in [0, 0.05) is 10.2 Å². The van der Waals surface area contributed by atoms with Gasteiger partial charge in [0.25, 0.3) is 0 Å². The number of carboxylic acid groups (broad SMARTS) is 1. The molecule has 0 saturated carbocycles. The first-order chi connectivity index (χ1) is 4.61. The topological polar surface area (TPSA) is 40.5 Å². The third-order valence-corrected chi connectivity index (χ3v) is 2.88. The molecule has 2 unspecified atom stereocenters. The van der Waals surface area contributed by atoms with Crippen molar-refractivity contribution in [2.75, 3.05) is 13.6 Å². The number of likely N-dealkylation sites (tertiary alicyclic amines) is 1. The van der Waals surface area contributed by atoms with Crippen LogP contribution < -0.4 is 0 Å².